The van der Waals surface area contributed by atoms with E-state index in [0.717, 1.165) is 11.5 Å². The summed E-state index contributed by atoms with van der Waals surface area (Å²) >= 11 is 0. The second kappa shape index (κ2) is 6.84. The Balaban J connectivity index is 1.88. The van der Waals surface area contributed by atoms with Gasteiger partial charge in [-0.05, 0) is 56.2 Å². The molecule has 2 heteroatoms. The third-order valence-corrected chi connectivity index (χ3v) is 4.55. The summed E-state index contributed by atoms with van der Waals surface area (Å²) in [4.78, 5) is 9.51. The van der Waals surface area contributed by atoms with Crippen LogP contribution in [0, 0.1) is 5.92 Å². The SMILES string of the molecule is CC1CCC2=C(C=NC1=Nc1ccccc1)CCCCC2. The predicted octanol–water partition coefficient (Wildman–Crippen LogP) is 5.48. The summed E-state index contributed by atoms with van der Waals surface area (Å²) in [5, 5.41) is 0. The average Bonchev–Trinajstić information content (AvgIpc) is 2.73. The van der Waals surface area contributed by atoms with E-state index < -0.39 is 0 Å². The third-order valence-electron chi connectivity index (χ3n) is 4.55. The van der Waals surface area contributed by atoms with Crippen molar-refractivity contribution in [1.82, 2.24) is 0 Å². The number of aliphatic imine (C=N–C) groups is 2. The highest BCUT2D eigenvalue weighted by Crippen LogP contribution is 2.29. The summed E-state index contributed by atoms with van der Waals surface area (Å²) < 4.78 is 0. The van der Waals surface area contributed by atoms with Gasteiger partial charge in [0.2, 0.25) is 0 Å². The van der Waals surface area contributed by atoms with E-state index in [-0.39, 0.29) is 0 Å². The molecule has 1 aromatic rings. The summed E-state index contributed by atoms with van der Waals surface area (Å²) in [5.74, 6) is 1.41. The lowest BCUT2D eigenvalue weighted by atomic mass is 9.93. The molecular weight excluding hydrogens is 256 g/mol. The smallest absolute Gasteiger partial charge is 0.131 e. The number of para-hydroxylation sites is 1. The lowest BCUT2D eigenvalue weighted by molar-refractivity contribution is 0.645. The number of benzene rings is 1. The van der Waals surface area contributed by atoms with Crippen molar-refractivity contribution in [3.63, 3.8) is 0 Å². The molecule has 0 saturated carbocycles. The number of amidine groups is 1. The summed E-state index contributed by atoms with van der Waals surface area (Å²) in [6.45, 7) is 2.25. The monoisotopic (exact) mass is 280 g/mol. The summed E-state index contributed by atoms with van der Waals surface area (Å²) in [7, 11) is 0. The van der Waals surface area contributed by atoms with Gasteiger partial charge in [-0.1, -0.05) is 37.1 Å². The molecule has 0 amide bonds. The minimum Gasteiger partial charge on any atom is -0.241 e. The van der Waals surface area contributed by atoms with E-state index in [4.69, 9.17) is 9.98 Å². The van der Waals surface area contributed by atoms with Gasteiger partial charge in [-0.3, -0.25) is 0 Å². The van der Waals surface area contributed by atoms with Crippen LogP contribution in [-0.4, -0.2) is 12.1 Å². The van der Waals surface area contributed by atoms with Gasteiger partial charge in [-0.15, -0.1) is 0 Å². The molecule has 1 aliphatic heterocycles. The topological polar surface area (TPSA) is 24.7 Å². The van der Waals surface area contributed by atoms with Crippen molar-refractivity contribution in [3.05, 3.63) is 41.5 Å². The zero-order valence-corrected chi connectivity index (χ0v) is 12.9. The molecule has 0 spiro atoms. The van der Waals surface area contributed by atoms with Gasteiger partial charge in [0.15, 0.2) is 0 Å². The number of hydrogen-bond acceptors (Lipinski definition) is 1. The van der Waals surface area contributed by atoms with Gasteiger partial charge in [0, 0.05) is 12.1 Å². The normalized spacial score (nSPS) is 25.2. The van der Waals surface area contributed by atoms with E-state index >= 15 is 0 Å². The highest BCUT2D eigenvalue weighted by molar-refractivity contribution is 5.97. The first kappa shape index (κ1) is 14.2. The van der Waals surface area contributed by atoms with Crippen LogP contribution in [0.4, 0.5) is 5.69 Å². The first-order valence-electron chi connectivity index (χ1n) is 8.21. The third kappa shape index (κ3) is 3.69. The Kier molecular flexibility index (Phi) is 4.64. The van der Waals surface area contributed by atoms with Crippen LogP contribution in [0.2, 0.25) is 0 Å². The van der Waals surface area contributed by atoms with Crippen LogP contribution in [-0.2, 0) is 0 Å². The van der Waals surface area contributed by atoms with Gasteiger partial charge in [0.1, 0.15) is 5.84 Å². The lowest BCUT2D eigenvalue weighted by Crippen LogP contribution is -2.12. The van der Waals surface area contributed by atoms with Gasteiger partial charge >= 0.3 is 0 Å². The summed E-state index contributed by atoms with van der Waals surface area (Å²) in [6, 6.07) is 10.2. The Morgan fingerprint density at radius 2 is 1.81 bits per heavy atom. The molecule has 1 atom stereocenters. The van der Waals surface area contributed by atoms with Crippen molar-refractivity contribution in [3.8, 4) is 0 Å². The predicted molar refractivity (Wildman–Crippen MR) is 90.5 cm³/mol. The van der Waals surface area contributed by atoms with Crippen molar-refractivity contribution >= 4 is 17.7 Å². The maximum absolute atomic E-state index is 4.76. The second-order valence-corrected chi connectivity index (χ2v) is 6.19. The number of rotatable bonds is 1. The Morgan fingerprint density at radius 3 is 2.67 bits per heavy atom. The van der Waals surface area contributed by atoms with Crippen molar-refractivity contribution < 1.29 is 0 Å². The molecule has 0 radical (unpaired) electrons. The molecule has 1 aliphatic carbocycles. The van der Waals surface area contributed by atoms with Crippen LogP contribution in [0.25, 0.3) is 0 Å². The summed E-state index contributed by atoms with van der Waals surface area (Å²) in [5.41, 5.74) is 4.15. The van der Waals surface area contributed by atoms with Crippen molar-refractivity contribution in [2.24, 2.45) is 15.9 Å². The Hall–Kier alpha value is -1.70. The maximum Gasteiger partial charge on any atom is 0.131 e. The lowest BCUT2D eigenvalue weighted by Gasteiger charge is -2.17. The number of hydrogen-bond donors (Lipinski definition) is 0. The molecule has 0 fully saturated rings. The molecule has 0 bridgehead atoms. The minimum atomic E-state index is 0.429. The first-order valence-corrected chi connectivity index (χ1v) is 8.21. The fourth-order valence-electron chi connectivity index (χ4n) is 3.17. The van der Waals surface area contributed by atoms with Crippen LogP contribution in [0.5, 0.6) is 0 Å². The molecule has 1 heterocycles. The first-order chi connectivity index (χ1) is 10.3. The van der Waals surface area contributed by atoms with Gasteiger partial charge in [0.25, 0.3) is 0 Å². The minimum absolute atomic E-state index is 0.429. The van der Waals surface area contributed by atoms with Crippen LogP contribution in [0.15, 0.2) is 51.5 Å². The number of nitrogens with zero attached hydrogens (tertiary/aromatic N) is 2. The van der Waals surface area contributed by atoms with Crippen molar-refractivity contribution in [2.75, 3.05) is 0 Å². The Labute approximate surface area is 127 Å². The molecule has 0 aromatic heterocycles. The van der Waals surface area contributed by atoms with Crippen LogP contribution < -0.4 is 0 Å². The Morgan fingerprint density at radius 1 is 1.00 bits per heavy atom. The molecule has 2 nitrogen and oxygen atoms in total. The average molecular weight is 280 g/mol. The van der Waals surface area contributed by atoms with E-state index in [2.05, 4.69) is 13.1 Å². The Bertz CT molecular complexity index is 566. The van der Waals surface area contributed by atoms with E-state index in [1.165, 1.54) is 50.5 Å². The summed E-state index contributed by atoms with van der Waals surface area (Å²) in [6.07, 6.45) is 11.0. The van der Waals surface area contributed by atoms with Gasteiger partial charge in [-0.2, -0.15) is 0 Å². The molecule has 2 aliphatic rings. The molecule has 0 saturated heterocycles. The number of allylic oxidation sites excluding steroid dienone is 2. The molecule has 1 aromatic carbocycles. The van der Waals surface area contributed by atoms with E-state index in [9.17, 15) is 0 Å². The highest BCUT2D eigenvalue weighted by atomic mass is 14.9. The molecule has 110 valence electrons. The second-order valence-electron chi connectivity index (χ2n) is 6.19. The molecule has 0 N–H and O–H groups in total. The van der Waals surface area contributed by atoms with Crippen molar-refractivity contribution in [2.45, 2.75) is 51.9 Å². The fourth-order valence-corrected chi connectivity index (χ4v) is 3.17. The van der Waals surface area contributed by atoms with Crippen LogP contribution >= 0.6 is 0 Å². The largest absolute Gasteiger partial charge is 0.241 e. The van der Waals surface area contributed by atoms with E-state index in [0.29, 0.717) is 5.92 Å². The van der Waals surface area contributed by atoms with Crippen molar-refractivity contribution in [1.29, 1.82) is 0 Å². The fraction of sp³-hybridized carbons (Fsp3) is 0.474. The van der Waals surface area contributed by atoms with Crippen LogP contribution in [0.1, 0.15) is 51.9 Å². The molecular formula is C19H24N2. The molecule has 21 heavy (non-hydrogen) atoms. The van der Waals surface area contributed by atoms with E-state index in [1.54, 1.807) is 5.57 Å². The van der Waals surface area contributed by atoms with Crippen LogP contribution in [0.3, 0.4) is 0 Å². The standard InChI is InChI=1S/C19H24N2/c1-15-12-13-16-8-4-2-5-9-17(16)14-20-19(15)21-18-10-6-3-7-11-18/h3,6-7,10-11,14-15H,2,4-5,8-9,12-13H2,1H3. The highest BCUT2D eigenvalue weighted by Gasteiger charge is 2.17. The van der Waals surface area contributed by atoms with Gasteiger partial charge in [0.05, 0.1) is 5.69 Å². The van der Waals surface area contributed by atoms with Gasteiger partial charge in [-0.25, -0.2) is 9.98 Å². The maximum atomic E-state index is 4.76. The van der Waals surface area contributed by atoms with E-state index in [1.807, 2.05) is 30.3 Å². The molecule has 1 unspecified atom stereocenters. The molecule has 3 rings (SSSR count). The quantitative estimate of drug-likeness (QED) is 0.651. The van der Waals surface area contributed by atoms with Gasteiger partial charge < -0.3 is 0 Å². The zero-order chi connectivity index (χ0) is 14.5. The zero-order valence-electron chi connectivity index (χ0n) is 12.9.